The molecular weight excluding hydrogens is 484 g/mol. The molecule has 8 heteroatoms. The van der Waals surface area contributed by atoms with E-state index in [9.17, 15) is 4.79 Å². The molecule has 0 bridgehead atoms. The first-order valence-electron chi connectivity index (χ1n) is 13.0. The highest BCUT2D eigenvalue weighted by Gasteiger charge is 2.66. The van der Waals surface area contributed by atoms with Gasteiger partial charge >= 0.3 is 0 Å². The van der Waals surface area contributed by atoms with Crippen molar-refractivity contribution in [2.75, 3.05) is 38.7 Å². The standard InChI is InChI=1S/C29H30N4O3S/c1-35-19-3-8-26-23(15-19)29(28(34)30-26)16-24(29)18-2-7-22-25(31-32-27(22)14-18)9-6-20-4-5-21(37-20)17-33-10-12-36-13-11-33/h2-9,15,18,24H,10-14,16-17H2,1H3,(H,30,34)(H,31,32)/b9-6+/t18?,24-,29-/m0/s1. The Bertz CT molecular complexity index is 1420. The normalized spacial score (nSPS) is 26.5. The van der Waals surface area contributed by atoms with Crippen molar-refractivity contribution < 1.29 is 14.3 Å². The number of H-pyrrole nitrogens is 1. The van der Waals surface area contributed by atoms with Gasteiger partial charge in [0.2, 0.25) is 5.91 Å². The molecule has 37 heavy (non-hydrogen) atoms. The van der Waals surface area contributed by atoms with Crippen molar-refractivity contribution in [3.8, 4) is 5.75 Å². The van der Waals surface area contributed by atoms with E-state index >= 15 is 0 Å². The van der Waals surface area contributed by atoms with E-state index in [4.69, 9.17) is 9.47 Å². The van der Waals surface area contributed by atoms with Crippen LogP contribution in [0.1, 0.15) is 38.7 Å². The molecule has 4 aliphatic rings. The molecule has 7 rings (SSSR count). The summed E-state index contributed by atoms with van der Waals surface area (Å²) in [6, 6.07) is 10.3. The molecule has 1 saturated heterocycles. The number of nitrogens with zero attached hydrogens (tertiary/aromatic N) is 2. The molecule has 3 atom stereocenters. The van der Waals surface area contributed by atoms with Crippen LogP contribution in [0.15, 0.2) is 36.4 Å². The van der Waals surface area contributed by atoms with E-state index in [2.05, 4.69) is 56.9 Å². The van der Waals surface area contributed by atoms with Crippen LogP contribution in [-0.4, -0.2) is 54.4 Å². The lowest BCUT2D eigenvalue weighted by atomic mass is 9.84. The van der Waals surface area contributed by atoms with E-state index in [-0.39, 0.29) is 11.8 Å². The van der Waals surface area contributed by atoms with E-state index in [1.165, 1.54) is 9.75 Å². The third-order valence-corrected chi connectivity index (χ3v) is 9.36. The number of nitrogens with one attached hydrogen (secondary N) is 2. The maximum Gasteiger partial charge on any atom is 0.235 e. The maximum absolute atomic E-state index is 13.0. The van der Waals surface area contributed by atoms with Crippen LogP contribution >= 0.6 is 11.3 Å². The summed E-state index contributed by atoms with van der Waals surface area (Å²) in [7, 11) is 1.67. The fraction of sp³-hybridized carbons (Fsp3) is 0.379. The second-order valence-corrected chi connectivity index (χ2v) is 11.6. The number of hydrogen-bond acceptors (Lipinski definition) is 6. The Balaban J connectivity index is 1.04. The van der Waals surface area contributed by atoms with Gasteiger partial charge in [-0.05, 0) is 72.7 Å². The number of thiophene rings is 1. The Morgan fingerprint density at radius 3 is 3.00 bits per heavy atom. The minimum atomic E-state index is -0.433. The van der Waals surface area contributed by atoms with Crippen LogP contribution in [-0.2, 0) is 27.9 Å². The highest BCUT2D eigenvalue weighted by atomic mass is 32.1. The average Bonchev–Trinajstić information content (AvgIpc) is 3.16. The second kappa shape index (κ2) is 8.97. The number of anilines is 1. The van der Waals surface area contributed by atoms with E-state index in [0.717, 1.165) is 79.6 Å². The number of methoxy groups -OCH3 is 1. The molecule has 2 fully saturated rings. The van der Waals surface area contributed by atoms with E-state index in [1.54, 1.807) is 7.11 Å². The average molecular weight is 515 g/mol. The zero-order valence-electron chi connectivity index (χ0n) is 20.8. The van der Waals surface area contributed by atoms with E-state index in [1.807, 2.05) is 29.5 Å². The molecule has 7 nitrogen and oxygen atoms in total. The Kier molecular flexibility index (Phi) is 5.57. The summed E-state index contributed by atoms with van der Waals surface area (Å²) in [5.41, 5.74) is 4.84. The van der Waals surface area contributed by atoms with Crippen molar-refractivity contribution in [2.45, 2.75) is 24.8 Å². The van der Waals surface area contributed by atoms with Gasteiger partial charge in [0.1, 0.15) is 5.75 Å². The van der Waals surface area contributed by atoms with Gasteiger partial charge in [-0.3, -0.25) is 14.8 Å². The first kappa shape index (κ1) is 23.0. The Morgan fingerprint density at radius 2 is 2.14 bits per heavy atom. The molecule has 1 amide bonds. The largest absolute Gasteiger partial charge is 0.497 e. The van der Waals surface area contributed by atoms with Crippen molar-refractivity contribution in [1.82, 2.24) is 15.1 Å². The minimum Gasteiger partial charge on any atom is -0.497 e. The highest BCUT2D eigenvalue weighted by molar-refractivity contribution is 7.12. The van der Waals surface area contributed by atoms with Gasteiger partial charge in [-0.15, -0.1) is 11.3 Å². The van der Waals surface area contributed by atoms with Gasteiger partial charge in [-0.2, -0.15) is 5.10 Å². The first-order valence-corrected chi connectivity index (χ1v) is 13.8. The zero-order chi connectivity index (χ0) is 25.0. The van der Waals surface area contributed by atoms with Crippen molar-refractivity contribution in [2.24, 2.45) is 11.8 Å². The molecule has 0 radical (unpaired) electrons. The van der Waals surface area contributed by atoms with Gasteiger partial charge in [-0.25, -0.2) is 0 Å². The lowest BCUT2D eigenvalue weighted by Crippen LogP contribution is -2.35. The molecule has 1 saturated carbocycles. The molecule has 4 heterocycles. The summed E-state index contributed by atoms with van der Waals surface area (Å²) in [4.78, 5) is 18.1. The molecule has 2 aromatic heterocycles. The molecule has 1 unspecified atom stereocenters. The smallest absolute Gasteiger partial charge is 0.235 e. The Morgan fingerprint density at radius 1 is 1.24 bits per heavy atom. The second-order valence-electron chi connectivity index (χ2n) is 10.4. The van der Waals surface area contributed by atoms with Crippen LogP contribution in [0.3, 0.4) is 0 Å². The lowest BCUT2D eigenvalue weighted by Gasteiger charge is -2.25. The monoisotopic (exact) mass is 514 g/mol. The fourth-order valence-electron chi connectivity index (χ4n) is 6.24. The zero-order valence-corrected chi connectivity index (χ0v) is 21.6. The summed E-state index contributed by atoms with van der Waals surface area (Å²) in [6.07, 6.45) is 10.5. The summed E-state index contributed by atoms with van der Waals surface area (Å²) in [5, 5.41) is 11.0. The molecule has 1 aromatic carbocycles. The number of aromatic nitrogens is 2. The first-order chi connectivity index (χ1) is 18.1. The lowest BCUT2D eigenvalue weighted by molar-refractivity contribution is -0.118. The van der Waals surface area contributed by atoms with E-state index < -0.39 is 5.41 Å². The number of fused-ring (bicyclic) bond motifs is 3. The number of morpholine rings is 1. The SMILES string of the molecule is COc1ccc2c(c1)[C@]1(C[C@H]1C1C=Cc3c(/C=C/c4ccc(CN5CCOCC5)s4)n[nH]c3C1)C(=O)N2. The minimum absolute atomic E-state index is 0.122. The Labute approximate surface area is 220 Å². The number of hydrogen-bond donors (Lipinski definition) is 2. The van der Waals surface area contributed by atoms with Crippen LogP contribution < -0.4 is 10.1 Å². The number of rotatable bonds is 6. The summed E-state index contributed by atoms with van der Waals surface area (Å²) in [5.74, 6) is 1.50. The topological polar surface area (TPSA) is 79.5 Å². The molecule has 2 N–H and O–H groups in total. The quantitative estimate of drug-likeness (QED) is 0.504. The van der Waals surface area contributed by atoms with Crippen LogP contribution in [0.4, 0.5) is 5.69 Å². The fourth-order valence-corrected chi connectivity index (χ4v) is 7.20. The van der Waals surface area contributed by atoms with Crippen molar-refractivity contribution in [1.29, 1.82) is 0 Å². The summed E-state index contributed by atoms with van der Waals surface area (Å²) < 4.78 is 10.9. The van der Waals surface area contributed by atoms with Gasteiger partial charge in [0.15, 0.2) is 0 Å². The summed E-state index contributed by atoms with van der Waals surface area (Å²) in [6.45, 7) is 4.65. The number of carbonyl (C=O) groups excluding carboxylic acids is 1. The molecule has 2 aliphatic heterocycles. The van der Waals surface area contributed by atoms with Crippen LogP contribution in [0, 0.1) is 11.8 Å². The highest BCUT2D eigenvalue weighted by Crippen LogP contribution is 2.64. The van der Waals surface area contributed by atoms with Crippen LogP contribution in [0.25, 0.3) is 18.2 Å². The maximum atomic E-state index is 13.0. The number of aromatic amines is 1. The number of ether oxygens (including phenoxy) is 2. The van der Waals surface area contributed by atoms with Gasteiger partial charge in [0.05, 0.1) is 31.4 Å². The summed E-state index contributed by atoms with van der Waals surface area (Å²) >= 11 is 1.83. The molecule has 3 aromatic rings. The van der Waals surface area contributed by atoms with Crippen molar-refractivity contribution in [3.63, 3.8) is 0 Å². The number of amides is 1. The van der Waals surface area contributed by atoms with Crippen molar-refractivity contribution in [3.05, 3.63) is 68.7 Å². The van der Waals surface area contributed by atoms with Gasteiger partial charge in [0, 0.05) is 46.3 Å². The van der Waals surface area contributed by atoms with Crippen LogP contribution in [0.2, 0.25) is 0 Å². The predicted octanol–water partition coefficient (Wildman–Crippen LogP) is 4.58. The van der Waals surface area contributed by atoms with E-state index in [0.29, 0.717) is 5.92 Å². The third-order valence-electron chi connectivity index (χ3n) is 8.33. The van der Waals surface area contributed by atoms with Crippen molar-refractivity contribution >= 4 is 41.2 Å². The molecule has 2 aliphatic carbocycles. The van der Waals surface area contributed by atoms with Crippen LogP contribution in [0.5, 0.6) is 5.75 Å². The number of benzene rings is 1. The molecule has 1 spiro atoms. The molecular formula is C29H30N4O3S. The molecule has 190 valence electrons. The number of allylic oxidation sites excluding steroid dienone is 1. The van der Waals surface area contributed by atoms with Gasteiger partial charge in [-0.1, -0.05) is 12.2 Å². The third kappa shape index (κ3) is 3.95. The van der Waals surface area contributed by atoms with Gasteiger partial charge in [0.25, 0.3) is 0 Å². The number of carbonyl (C=O) groups is 1. The Hall–Kier alpha value is -3.20. The predicted molar refractivity (Wildman–Crippen MR) is 146 cm³/mol. The van der Waals surface area contributed by atoms with Gasteiger partial charge < -0.3 is 14.8 Å².